The molecule has 0 aliphatic carbocycles. The summed E-state index contributed by atoms with van der Waals surface area (Å²) >= 11 is 0. The van der Waals surface area contributed by atoms with E-state index in [-0.39, 0.29) is 16.8 Å². The fraction of sp³-hybridized carbons (Fsp3) is 0.391. The second-order valence-corrected chi connectivity index (χ2v) is 7.91. The molecule has 0 spiro atoms. The number of nitrogens with zero attached hydrogens (tertiary/aromatic N) is 1. The molecule has 0 saturated heterocycles. The van der Waals surface area contributed by atoms with Crippen LogP contribution in [0.25, 0.3) is 0 Å². The maximum absolute atomic E-state index is 11.7. The molecule has 1 aromatic carbocycles. The second kappa shape index (κ2) is 7.08. The topological polar surface area (TPSA) is 48.4 Å². The van der Waals surface area contributed by atoms with Gasteiger partial charge in [0.05, 0.1) is 18.8 Å². The van der Waals surface area contributed by atoms with Crippen LogP contribution >= 0.6 is 0 Å². The third-order valence-corrected chi connectivity index (χ3v) is 5.54. The Morgan fingerprint density at radius 1 is 1.19 bits per heavy atom. The van der Waals surface area contributed by atoms with Crippen LogP contribution < -0.4 is 4.74 Å². The largest absolute Gasteiger partial charge is 0.493 e. The van der Waals surface area contributed by atoms with Gasteiger partial charge in [-0.2, -0.15) is 0 Å². The van der Waals surface area contributed by atoms with Crippen LogP contribution in [0, 0.1) is 17.3 Å². The Bertz CT molecular complexity index is 915. The average Bonchev–Trinajstić information content (AvgIpc) is 2.64. The first kappa shape index (κ1) is 19.0. The van der Waals surface area contributed by atoms with Gasteiger partial charge in [0.25, 0.3) is 0 Å². The molecule has 0 bridgehead atoms. The van der Waals surface area contributed by atoms with Gasteiger partial charge in [0.1, 0.15) is 11.4 Å². The van der Waals surface area contributed by atoms with Crippen molar-refractivity contribution in [3.05, 3.63) is 58.9 Å². The maximum atomic E-state index is 11.7. The maximum Gasteiger partial charge on any atom is 0.339 e. The van der Waals surface area contributed by atoms with Gasteiger partial charge in [-0.05, 0) is 43.2 Å². The first-order valence-electron chi connectivity index (χ1n) is 9.17. The molecule has 0 amide bonds. The lowest BCUT2D eigenvalue weighted by Gasteiger charge is -2.46. The molecule has 2 aromatic rings. The molecule has 0 saturated carbocycles. The van der Waals surface area contributed by atoms with E-state index < -0.39 is 0 Å². The van der Waals surface area contributed by atoms with Crippen LogP contribution in [-0.4, -0.2) is 24.2 Å². The predicted octanol–water partition coefficient (Wildman–Crippen LogP) is 4.35. The van der Waals surface area contributed by atoms with Gasteiger partial charge in [0.2, 0.25) is 0 Å². The van der Waals surface area contributed by atoms with Gasteiger partial charge in [0.15, 0.2) is 0 Å². The van der Waals surface area contributed by atoms with Crippen molar-refractivity contribution >= 4 is 5.97 Å². The smallest absolute Gasteiger partial charge is 0.339 e. The summed E-state index contributed by atoms with van der Waals surface area (Å²) < 4.78 is 10.9. The number of hydrogen-bond donors (Lipinski definition) is 0. The summed E-state index contributed by atoms with van der Waals surface area (Å²) in [5, 5.41) is 0. The Kier molecular flexibility index (Phi) is 4.97. The molecule has 0 N–H and O–H groups in total. The third-order valence-electron chi connectivity index (χ3n) is 5.54. The Labute approximate surface area is 160 Å². The Morgan fingerprint density at radius 3 is 2.63 bits per heavy atom. The molecule has 4 heteroatoms. The Hall–Kier alpha value is -2.80. The van der Waals surface area contributed by atoms with Crippen molar-refractivity contribution in [1.82, 2.24) is 4.98 Å². The zero-order chi connectivity index (χ0) is 19.7. The van der Waals surface area contributed by atoms with E-state index >= 15 is 0 Å². The lowest BCUT2D eigenvalue weighted by atomic mass is 9.63. The summed E-state index contributed by atoms with van der Waals surface area (Å²) in [6, 6.07) is 9.48. The van der Waals surface area contributed by atoms with Gasteiger partial charge in [0, 0.05) is 28.2 Å². The highest BCUT2D eigenvalue weighted by molar-refractivity contribution is 5.89. The van der Waals surface area contributed by atoms with Gasteiger partial charge in [-0.25, -0.2) is 9.78 Å². The van der Waals surface area contributed by atoms with E-state index in [1.165, 1.54) is 11.8 Å². The molecule has 1 aliphatic rings. The van der Waals surface area contributed by atoms with Crippen molar-refractivity contribution in [3.8, 4) is 17.6 Å². The van der Waals surface area contributed by atoms with Crippen LogP contribution in [0.15, 0.2) is 36.5 Å². The first-order valence-corrected chi connectivity index (χ1v) is 9.17. The van der Waals surface area contributed by atoms with Crippen LogP contribution in [0.5, 0.6) is 5.75 Å². The molecule has 0 atom stereocenters. The van der Waals surface area contributed by atoms with E-state index in [0.29, 0.717) is 24.5 Å². The minimum absolute atomic E-state index is 0.0161. The summed E-state index contributed by atoms with van der Waals surface area (Å²) in [7, 11) is 0. The number of ether oxygens (including phenoxy) is 2. The molecule has 2 heterocycles. The summed E-state index contributed by atoms with van der Waals surface area (Å²) in [5.41, 5.74) is 3.15. The molecule has 1 aromatic heterocycles. The summed E-state index contributed by atoms with van der Waals surface area (Å²) in [6.07, 6.45) is 1.49. The number of aromatic nitrogens is 1. The van der Waals surface area contributed by atoms with Crippen molar-refractivity contribution in [2.75, 3.05) is 13.2 Å². The molecular weight excluding hydrogens is 338 g/mol. The fourth-order valence-corrected chi connectivity index (χ4v) is 2.96. The SMILES string of the molecule is CCOC(=O)c1ccc(C#Cc2ccc3c(c2)C(C)(C)C(C)(C)CO3)nc1. The fourth-order valence-electron chi connectivity index (χ4n) is 2.96. The van der Waals surface area contributed by atoms with Crippen molar-refractivity contribution in [2.45, 2.75) is 40.0 Å². The normalized spacial score (nSPS) is 16.3. The van der Waals surface area contributed by atoms with E-state index in [4.69, 9.17) is 9.47 Å². The number of hydrogen-bond acceptors (Lipinski definition) is 4. The van der Waals surface area contributed by atoms with Crippen LogP contribution in [0.3, 0.4) is 0 Å². The van der Waals surface area contributed by atoms with E-state index in [1.54, 1.807) is 19.1 Å². The van der Waals surface area contributed by atoms with Gasteiger partial charge < -0.3 is 9.47 Å². The predicted molar refractivity (Wildman–Crippen MR) is 105 cm³/mol. The molecule has 1 aliphatic heterocycles. The van der Waals surface area contributed by atoms with E-state index in [1.807, 2.05) is 12.1 Å². The number of benzene rings is 1. The number of esters is 1. The Balaban J connectivity index is 1.85. The lowest BCUT2D eigenvalue weighted by Crippen LogP contribution is -2.44. The molecule has 3 rings (SSSR count). The van der Waals surface area contributed by atoms with Gasteiger partial charge in [-0.3, -0.25) is 0 Å². The summed E-state index contributed by atoms with van der Waals surface area (Å²) in [4.78, 5) is 15.9. The van der Waals surface area contributed by atoms with E-state index in [9.17, 15) is 4.79 Å². The molecule has 0 fully saturated rings. The van der Waals surface area contributed by atoms with Gasteiger partial charge in [-0.1, -0.05) is 33.6 Å². The van der Waals surface area contributed by atoms with Gasteiger partial charge in [-0.15, -0.1) is 0 Å². The average molecular weight is 363 g/mol. The van der Waals surface area contributed by atoms with Crippen molar-refractivity contribution in [2.24, 2.45) is 5.41 Å². The number of carbonyl (C=O) groups is 1. The monoisotopic (exact) mass is 363 g/mol. The lowest BCUT2D eigenvalue weighted by molar-refractivity contribution is 0.0526. The molecule has 140 valence electrons. The quantitative estimate of drug-likeness (QED) is 0.588. The minimum atomic E-state index is -0.371. The standard InChI is InChI=1S/C23H25NO3/c1-6-26-21(25)17-9-11-18(24-14-17)10-7-16-8-12-20-19(13-16)23(4,5)22(2,3)15-27-20/h8-9,11-14H,6,15H2,1-5H3. The first-order chi connectivity index (χ1) is 12.7. The molecule has 0 unspecified atom stereocenters. The van der Waals surface area contributed by atoms with Crippen LogP contribution in [0.4, 0.5) is 0 Å². The number of pyridine rings is 1. The minimum Gasteiger partial charge on any atom is -0.493 e. The highest BCUT2D eigenvalue weighted by Crippen LogP contribution is 2.48. The van der Waals surface area contributed by atoms with Crippen LogP contribution in [0.2, 0.25) is 0 Å². The number of rotatable bonds is 2. The van der Waals surface area contributed by atoms with Crippen LogP contribution in [0.1, 0.15) is 61.8 Å². The van der Waals surface area contributed by atoms with Crippen molar-refractivity contribution in [3.63, 3.8) is 0 Å². The zero-order valence-corrected chi connectivity index (χ0v) is 16.6. The van der Waals surface area contributed by atoms with Crippen molar-refractivity contribution in [1.29, 1.82) is 0 Å². The highest BCUT2D eigenvalue weighted by Gasteiger charge is 2.44. The van der Waals surface area contributed by atoms with E-state index in [2.05, 4.69) is 50.6 Å². The Morgan fingerprint density at radius 2 is 1.96 bits per heavy atom. The highest BCUT2D eigenvalue weighted by atomic mass is 16.5. The van der Waals surface area contributed by atoms with E-state index in [0.717, 1.165) is 11.3 Å². The zero-order valence-electron chi connectivity index (χ0n) is 16.6. The molecule has 0 radical (unpaired) electrons. The third kappa shape index (κ3) is 3.68. The summed E-state index contributed by atoms with van der Waals surface area (Å²) in [5.74, 6) is 6.79. The van der Waals surface area contributed by atoms with Crippen LogP contribution in [-0.2, 0) is 10.2 Å². The summed E-state index contributed by atoms with van der Waals surface area (Å²) in [6.45, 7) is 11.8. The number of carbonyl (C=O) groups excluding carboxylic acids is 1. The second-order valence-electron chi connectivity index (χ2n) is 7.91. The molecule has 27 heavy (non-hydrogen) atoms. The molecular formula is C23H25NO3. The number of fused-ring (bicyclic) bond motifs is 1. The van der Waals surface area contributed by atoms with Gasteiger partial charge >= 0.3 is 5.97 Å². The molecule has 4 nitrogen and oxygen atoms in total. The van der Waals surface area contributed by atoms with Crippen molar-refractivity contribution < 1.29 is 14.3 Å².